The minimum atomic E-state index is 0.560. The number of hydrogen-bond donors (Lipinski definition) is 0. The standard InChI is InChI=1S/C13H13ClN2O2S/c1-17-11-4-3-9(7-10(11)14)8-19-13-15-6-5-12(16-13)18-2/h3-7H,8H2,1-2H3. The Balaban J connectivity index is 2.03. The Kier molecular flexibility index (Phi) is 4.87. The molecule has 0 aliphatic heterocycles. The highest BCUT2D eigenvalue weighted by molar-refractivity contribution is 7.98. The Morgan fingerprint density at radius 3 is 2.74 bits per heavy atom. The first-order valence-electron chi connectivity index (χ1n) is 5.55. The second-order valence-electron chi connectivity index (χ2n) is 3.64. The number of thioether (sulfide) groups is 1. The second kappa shape index (κ2) is 6.63. The van der Waals surface area contributed by atoms with E-state index < -0.39 is 0 Å². The zero-order chi connectivity index (χ0) is 13.7. The lowest BCUT2D eigenvalue weighted by molar-refractivity contribution is 0.392. The number of nitrogens with zero attached hydrogens (tertiary/aromatic N) is 2. The molecule has 0 amide bonds. The minimum Gasteiger partial charge on any atom is -0.495 e. The third-order valence-electron chi connectivity index (χ3n) is 2.40. The summed E-state index contributed by atoms with van der Waals surface area (Å²) in [6.45, 7) is 0. The minimum absolute atomic E-state index is 0.560. The summed E-state index contributed by atoms with van der Waals surface area (Å²) in [5, 5.41) is 1.28. The highest BCUT2D eigenvalue weighted by Gasteiger charge is 2.04. The average Bonchev–Trinajstić information content (AvgIpc) is 2.45. The molecule has 0 bridgehead atoms. The van der Waals surface area contributed by atoms with Crippen molar-refractivity contribution >= 4 is 23.4 Å². The predicted molar refractivity (Wildman–Crippen MR) is 76.1 cm³/mol. The number of halogens is 1. The van der Waals surface area contributed by atoms with Crippen LogP contribution in [0.15, 0.2) is 35.6 Å². The number of ether oxygens (including phenoxy) is 2. The van der Waals surface area contributed by atoms with E-state index in [1.165, 1.54) is 11.8 Å². The zero-order valence-electron chi connectivity index (χ0n) is 10.6. The van der Waals surface area contributed by atoms with Gasteiger partial charge in [0.25, 0.3) is 0 Å². The maximum Gasteiger partial charge on any atom is 0.216 e. The molecule has 2 rings (SSSR count). The largest absolute Gasteiger partial charge is 0.495 e. The van der Waals surface area contributed by atoms with Gasteiger partial charge in [-0.15, -0.1) is 0 Å². The van der Waals surface area contributed by atoms with Crippen LogP contribution in [0.3, 0.4) is 0 Å². The molecule has 4 nitrogen and oxygen atoms in total. The van der Waals surface area contributed by atoms with E-state index in [9.17, 15) is 0 Å². The van der Waals surface area contributed by atoms with Crippen LogP contribution >= 0.6 is 23.4 Å². The number of aromatic nitrogens is 2. The van der Waals surface area contributed by atoms with E-state index >= 15 is 0 Å². The van der Waals surface area contributed by atoms with Gasteiger partial charge in [0.05, 0.1) is 19.2 Å². The zero-order valence-corrected chi connectivity index (χ0v) is 12.2. The number of methoxy groups -OCH3 is 2. The topological polar surface area (TPSA) is 44.2 Å². The van der Waals surface area contributed by atoms with E-state index in [2.05, 4.69) is 9.97 Å². The monoisotopic (exact) mass is 296 g/mol. The summed E-state index contributed by atoms with van der Waals surface area (Å²) in [7, 11) is 3.18. The summed E-state index contributed by atoms with van der Waals surface area (Å²) >= 11 is 7.60. The molecule has 0 unspecified atom stereocenters. The molecule has 1 aromatic heterocycles. The molecule has 6 heteroatoms. The summed E-state index contributed by atoms with van der Waals surface area (Å²) in [6.07, 6.45) is 1.68. The van der Waals surface area contributed by atoms with E-state index in [-0.39, 0.29) is 0 Å². The van der Waals surface area contributed by atoms with Crippen molar-refractivity contribution in [3.05, 3.63) is 41.0 Å². The molecule has 19 heavy (non-hydrogen) atoms. The van der Waals surface area contributed by atoms with Crippen LogP contribution < -0.4 is 9.47 Å². The Morgan fingerprint density at radius 1 is 1.21 bits per heavy atom. The molecule has 1 heterocycles. The van der Waals surface area contributed by atoms with Gasteiger partial charge < -0.3 is 9.47 Å². The van der Waals surface area contributed by atoms with Crippen LogP contribution in [0.5, 0.6) is 11.6 Å². The average molecular weight is 297 g/mol. The van der Waals surface area contributed by atoms with Crippen molar-refractivity contribution in [2.75, 3.05) is 14.2 Å². The van der Waals surface area contributed by atoms with Crippen LogP contribution in [0.4, 0.5) is 0 Å². The van der Waals surface area contributed by atoms with Crippen molar-refractivity contribution in [2.24, 2.45) is 0 Å². The van der Waals surface area contributed by atoms with Crippen molar-refractivity contribution in [2.45, 2.75) is 10.9 Å². The highest BCUT2D eigenvalue weighted by atomic mass is 35.5. The third kappa shape index (κ3) is 3.75. The van der Waals surface area contributed by atoms with Gasteiger partial charge in [-0.05, 0) is 17.7 Å². The van der Waals surface area contributed by atoms with Crippen LogP contribution in [0.2, 0.25) is 5.02 Å². The van der Waals surface area contributed by atoms with Gasteiger partial charge >= 0.3 is 0 Å². The molecule has 0 radical (unpaired) electrons. The molecular formula is C13H13ClN2O2S. The SMILES string of the molecule is COc1ccnc(SCc2ccc(OC)c(Cl)c2)n1. The molecule has 2 aromatic rings. The van der Waals surface area contributed by atoms with Gasteiger partial charge in [0.1, 0.15) is 5.75 Å². The first-order valence-corrected chi connectivity index (χ1v) is 6.91. The van der Waals surface area contributed by atoms with Crippen molar-refractivity contribution in [3.8, 4) is 11.6 Å². The van der Waals surface area contributed by atoms with Gasteiger partial charge in [-0.1, -0.05) is 29.4 Å². The lowest BCUT2D eigenvalue weighted by Gasteiger charge is -2.06. The molecule has 0 aliphatic carbocycles. The normalized spacial score (nSPS) is 10.3. The van der Waals surface area contributed by atoms with E-state index in [1.54, 1.807) is 26.5 Å². The first kappa shape index (κ1) is 14.0. The van der Waals surface area contributed by atoms with Crippen LogP contribution in [0, 0.1) is 0 Å². The van der Waals surface area contributed by atoms with Crippen molar-refractivity contribution in [3.63, 3.8) is 0 Å². The van der Waals surface area contributed by atoms with E-state index in [4.69, 9.17) is 21.1 Å². The second-order valence-corrected chi connectivity index (χ2v) is 4.99. The summed E-state index contributed by atoms with van der Waals surface area (Å²) in [5.41, 5.74) is 1.09. The van der Waals surface area contributed by atoms with Gasteiger partial charge in [0.2, 0.25) is 5.88 Å². The van der Waals surface area contributed by atoms with Gasteiger partial charge in [-0.3, -0.25) is 0 Å². The van der Waals surface area contributed by atoms with Crippen molar-refractivity contribution < 1.29 is 9.47 Å². The number of benzene rings is 1. The van der Waals surface area contributed by atoms with Gasteiger partial charge in [0.15, 0.2) is 5.16 Å². The number of rotatable bonds is 5. The molecular weight excluding hydrogens is 284 g/mol. The maximum atomic E-state index is 6.07. The predicted octanol–water partition coefficient (Wildman–Crippen LogP) is 3.44. The fourth-order valence-corrected chi connectivity index (χ4v) is 2.50. The molecule has 0 saturated carbocycles. The highest BCUT2D eigenvalue weighted by Crippen LogP contribution is 2.28. The lowest BCUT2D eigenvalue weighted by Crippen LogP contribution is -1.92. The molecule has 1 aromatic carbocycles. The summed E-state index contributed by atoms with van der Waals surface area (Å²) in [5.74, 6) is 1.97. The Labute approximate surface area is 121 Å². The Morgan fingerprint density at radius 2 is 2.05 bits per heavy atom. The van der Waals surface area contributed by atoms with Gasteiger partial charge in [-0.2, -0.15) is 4.98 Å². The number of hydrogen-bond acceptors (Lipinski definition) is 5. The third-order valence-corrected chi connectivity index (χ3v) is 3.63. The molecule has 0 atom stereocenters. The molecule has 0 fully saturated rings. The van der Waals surface area contributed by atoms with Crippen LogP contribution in [0.25, 0.3) is 0 Å². The summed E-state index contributed by atoms with van der Waals surface area (Å²) < 4.78 is 10.2. The first-order chi connectivity index (χ1) is 9.22. The van der Waals surface area contributed by atoms with E-state index in [1.807, 2.05) is 18.2 Å². The molecule has 0 saturated heterocycles. The van der Waals surface area contributed by atoms with Crippen LogP contribution in [-0.4, -0.2) is 24.2 Å². The summed E-state index contributed by atoms with van der Waals surface area (Å²) in [6, 6.07) is 7.42. The fraction of sp³-hybridized carbons (Fsp3) is 0.231. The Hall–Kier alpha value is -1.46. The lowest BCUT2D eigenvalue weighted by atomic mass is 10.2. The van der Waals surface area contributed by atoms with E-state index in [0.29, 0.717) is 21.8 Å². The molecule has 0 N–H and O–H groups in total. The van der Waals surface area contributed by atoms with Gasteiger partial charge in [-0.25, -0.2) is 4.98 Å². The smallest absolute Gasteiger partial charge is 0.216 e. The van der Waals surface area contributed by atoms with Gasteiger partial charge in [0, 0.05) is 18.0 Å². The Bertz CT molecular complexity index is 566. The molecule has 0 aliphatic rings. The van der Waals surface area contributed by atoms with Crippen molar-refractivity contribution in [1.29, 1.82) is 0 Å². The quantitative estimate of drug-likeness (QED) is 0.625. The van der Waals surface area contributed by atoms with Crippen LogP contribution in [-0.2, 0) is 5.75 Å². The van der Waals surface area contributed by atoms with Crippen molar-refractivity contribution in [1.82, 2.24) is 9.97 Å². The fourth-order valence-electron chi connectivity index (χ4n) is 1.46. The molecule has 0 spiro atoms. The summed E-state index contributed by atoms with van der Waals surface area (Å²) in [4.78, 5) is 8.41. The van der Waals surface area contributed by atoms with Crippen LogP contribution in [0.1, 0.15) is 5.56 Å². The molecule has 100 valence electrons. The maximum absolute atomic E-state index is 6.07. The van der Waals surface area contributed by atoms with E-state index in [0.717, 1.165) is 11.3 Å².